The molecule has 1 N–H and O–H groups in total. The van der Waals surface area contributed by atoms with Crippen LogP contribution < -0.4 is 0 Å². The summed E-state index contributed by atoms with van der Waals surface area (Å²) < 4.78 is 2.24. The molecule has 1 aromatic rings. The van der Waals surface area contributed by atoms with Gasteiger partial charge in [0.15, 0.2) is 5.16 Å². The highest BCUT2D eigenvalue weighted by Gasteiger charge is 2.33. The second-order valence-electron chi connectivity index (χ2n) is 5.22. The van der Waals surface area contributed by atoms with E-state index < -0.39 is 5.97 Å². The molecule has 18 heavy (non-hydrogen) atoms. The molecule has 1 fully saturated rings. The van der Waals surface area contributed by atoms with Crippen molar-refractivity contribution in [2.24, 2.45) is 11.8 Å². The van der Waals surface area contributed by atoms with Gasteiger partial charge >= 0.3 is 5.97 Å². The molecule has 0 saturated heterocycles. The van der Waals surface area contributed by atoms with E-state index >= 15 is 0 Å². The third kappa shape index (κ3) is 2.55. The number of carbonyl (C=O) groups is 1. The summed E-state index contributed by atoms with van der Waals surface area (Å²) in [6.45, 7) is 6.63. The van der Waals surface area contributed by atoms with Crippen LogP contribution in [0.1, 0.15) is 38.4 Å². The normalized spacial score (nSPS) is 27.6. The Bertz CT molecular complexity index is 444. The minimum Gasteiger partial charge on any atom is -0.481 e. The predicted octanol–water partition coefficient (Wildman–Crippen LogP) is 2.98. The lowest BCUT2D eigenvalue weighted by Gasteiger charge is -2.23. The van der Waals surface area contributed by atoms with Crippen LogP contribution in [-0.4, -0.2) is 26.4 Å². The first-order valence-electron chi connectivity index (χ1n) is 6.39. The first kappa shape index (κ1) is 13.5. The van der Waals surface area contributed by atoms with Crippen molar-refractivity contribution in [1.82, 2.24) is 9.55 Å². The van der Waals surface area contributed by atoms with E-state index in [0.29, 0.717) is 12.0 Å². The van der Waals surface area contributed by atoms with Crippen LogP contribution in [-0.2, 0) is 4.79 Å². The van der Waals surface area contributed by atoms with Gasteiger partial charge in [-0.1, -0.05) is 25.6 Å². The van der Waals surface area contributed by atoms with Crippen molar-refractivity contribution in [1.29, 1.82) is 0 Å². The molecule has 1 aliphatic rings. The van der Waals surface area contributed by atoms with E-state index in [2.05, 4.69) is 23.4 Å². The number of hydrogen-bond acceptors (Lipinski definition) is 3. The van der Waals surface area contributed by atoms with Gasteiger partial charge in [0.05, 0.1) is 5.75 Å². The lowest BCUT2D eigenvalue weighted by atomic mass is 9.97. The van der Waals surface area contributed by atoms with Gasteiger partial charge in [-0.3, -0.25) is 4.79 Å². The molecule has 0 amide bonds. The van der Waals surface area contributed by atoms with Crippen LogP contribution in [0.5, 0.6) is 0 Å². The number of aryl methyl sites for hydroxylation is 1. The average molecular weight is 268 g/mol. The Hall–Kier alpha value is -0.970. The molecule has 5 heteroatoms. The maximum absolute atomic E-state index is 10.7. The molecule has 0 spiro atoms. The van der Waals surface area contributed by atoms with Crippen LogP contribution in [0.3, 0.4) is 0 Å². The molecule has 0 bridgehead atoms. The zero-order chi connectivity index (χ0) is 13.3. The van der Waals surface area contributed by atoms with Crippen molar-refractivity contribution in [2.75, 3.05) is 5.75 Å². The van der Waals surface area contributed by atoms with Gasteiger partial charge in [-0.05, 0) is 31.6 Å². The van der Waals surface area contributed by atoms with Gasteiger partial charge in [0, 0.05) is 17.9 Å². The molecule has 1 saturated carbocycles. The van der Waals surface area contributed by atoms with E-state index in [4.69, 9.17) is 5.11 Å². The zero-order valence-corrected chi connectivity index (χ0v) is 11.9. The molecule has 3 unspecified atom stereocenters. The maximum Gasteiger partial charge on any atom is 0.313 e. The van der Waals surface area contributed by atoms with Gasteiger partial charge in [-0.15, -0.1) is 0 Å². The fourth-order valence-corrected chi connectivity index (χ4v) is 3.56. The minimum atomic E-state index is -0.792. The topological polar surface area (TPSA) is 55.1 Å². The summed E-state index contributed by atoms with van der Waals surface area (Å²) in [6, 6.07) is 0.471. The van der Waals surface area contributed by atoms with Gasteiger partial charge in [0.1, 0.15) is 0 Å². The largest absolute Gasteiger partial charge is 0.481 e. The highest BCUT2D eigenvalue weighted by Crippen LogP contribution is 2.42. The molecule has 0 aromatic carbocycles. The SMILES string of the molecule is Cc1cnc(SCC(=O)O)n1C1CCC(C)C1C. The fraction of sp³-hybridized carbons (Fsp3) is 0.692. The first-order chi connectivity index (χ1) is 8.50. The monoisotopic (exact) mass is 268 g/mol. The van der Waals surface area contributed by atoms with E-state index in [9.17, 15) is 4.79 Å². The maximum atomic E-state index is 10.7. The van der Waals surface area contributed by atoms with Crippen molar-refractivity contribution in [2.45, 2.75) is 44.8 Å². The van der Waals surface area contributed by atoms with E-state index in [-0.39, 0.29) is 5.75 Å². The molecule has 1 aromatic heterocycles. The molecule has 4 nitrogen and oxygen atoms in total. The number of carboxylic acids is 1. The lowest BCUT2D eigenvalue weighted by Crippen LogP contribution is -2.17. The van der Waals surface area contributed by atoms with E-state index in [1.54, 1.807) is 0 Å². The summed E-state index contributed by atoms with van der Waals surface area (Å²) in [7, 11) is 0. The average Bonchev–Trinajstić information content (AvgIpc) is 2.82. The number of aliphatic carboxylic acids is 1. The number of carboxylic acid groups (broad SMARTS) is 1. The Morgan fingerprint density at radius 3 is 2.83 bits per heavy atom. The van der Waals surface area contributed by atoms with Gasteiger partial charge in [-0.2, -0.15) is 0 Å². The Morgan fingerprint density at radius 1 is 1.56 bits per heavy atom. The number of nitrogens with zero attached hydrogens (tertiary/aromatic N) is 2. The van der Waals surface area contributed by atoms with Crippen molar-refractivity contribution in [3.05, 3.63) is 11.9 Å². The zero-order valence-electron chi connectivity index (χ0n) is 11.1. The highest BCUT2D eigenvalue weighted by atomic mass is 32.2. The molecule has 0 radical (unpaired) electrons. The van der Waals surface area contributed by atoms with Gasteiger partial charge in [0.2, 0.25) is 0 Å². The summed E-state index contributed by atoms with van der Waals surface area (Å²) in [5, 5.41) is 9.62. The van der Waals surface area contributed by atoms with Crippen LogP contribution in [0.15, 0.2) is 11.4 Å². The van der Waals surface area contributed by atoms with Crippen molar-refractivity contribution in [3.8, 4) is 0 Å². The van der Waals surface area contributed by atoms with Crippen molar-refractivity contribution >= 4 is 17.7 Å². The third-order valence-corrected chi connectivity index (χ3v) is 4.98. The van der Waals surface area contributed by atoms with Gasteiger partial charge in [0.25, 0.3) is 0 Å². The van der Waals surface area contributed by atoms with E-state index in [0.717, 1.165) is 16.8 Å². The molecule has 1 heterocycles. The van der Waals surface area contributed by atoms with Crippen molar-refractivity contribution in [3.63, 3.8) is 0 Å². The highest BCUT2D eigenvalue weighted by molar-refractivity contribution is 7.99. The summed E-state index contributed by atoms with van der Waals surface area (Å²) in [6.07, 6.45) is 4.26. The number of aromatic nitrogens is 2. The number of rotatable bonds is 4. The van der Waals surface area contributed by atoms with Crippen LogP contribution in [0.25, 0.3) is 0 Å². The van der Waals surface area contributed by atoms with E-state index in [1.165, 1.54) is 24.6 Å². The number of hydrogen-bond donors (Lipinski definition) is 1. The Morgan fingerprint density at radius 2 is 2.28 bits per heavy atom. The van der Waals surface area contributed by atoms with E-state index in [1.807, 2.05) is 13.1 Å². The molecule has 2 rings (SSSR count). The Balaban J connectivity index is 2.21. The van der Waals surface area contributed by atoms with Crippen LogP contribution in [0.2, 0.25) is 0 Å². The number of thioether (sulfide) groups is 1. The number of imidazole rings is 1. The summed E-state index contributed by atoms with van der Waals surface area (Å²) in [4.78, 5) is 15.0. The molecule has 1 aliphatic carbocycles. The lowest BCUT2D eigenvalue weighted by molar-refractivity contribution is -0.133. The minimum absolute atomic E-state index is 0.0765. The standard InChI is InChI=1S/C13H20N2O2S/c1-8-4-5-11(10(8)3)15-9(2)6-14-13(15)18-7-12(16)17/h6,8,10-11H,4-5,7H2,1-3H3,(H,16,17). The van der Waals surface area contributed by atoms with Crippen LogP contribution >= 0.6 is 11.8 Å². The third-order valence-electron chi connectivity index (χ3n) is 4.03. The Labute approximate surface area is 112 Å². The molecule has 100 valence electrons. The molecule has 3 atom stereocenters. The van der Waals surface area contributed by atoms with Crippen LogP contribution in [0.4, 0.5) is 0 Å². The Kier molecular flexibility index (Phi) is 4.00. The quantitative estimate of drug-likeness (QED) is 0.853. The summed E-state index contributed by atoms with van der Waals surface area (Å²) in [5.74, 6) is 0.642. The summed E-state index contributed by atoms with van der Waals surface area (Å²) >= 11 is 1.32. The van der Waals surface area contributed by atoms with Crippen molar-refractivity contribution < 1.29 is 9.90 Å². The van der Waals surface area contributed by atoms with Crippen LogP contribution in [0, 0.1) is 18.8 Å². The second-order valence-corrected chi connectivity index (χ2v) is 6.16. The molecular formula is C13H20N2O2S. The molecule has 0 aliphatic heterocycles. The second kappa shape index (κ2) is 5.34. The smallest absolute Gasteiger partial charge is 0.313 e. The summed E-state index contributed by atoms with van der Waals surface area (Å²) in [5.41, 5.74) is 1.13. The predicted molar refractivity (Wildman–Crippen MR) is 71.9 cm³/mol. The van der Waals surface area contributed by atoms with Gasteiger partial charge in [-0.25, -0.2) is 4.98 Å². The first-order valence-corrected chi connectivity index (χ1v) is 7.37. The van der Waals surface area contributed by atoms with Gasteiger partial charge < -0.3 is 9.67 Å². The molecular weight excluding hydrogens is 248 g/mol. The fourth-order valence-electron chi connectivity index (χ4n) is 2.76.